The topological polar surface area (TPSA) is 110 Å². The SMILES string of the molecule is CC(C)(C)NC[C@H](O)c1ccc(O)c(CO)c1.CCCCCCCC/C=C/C(=O)O. The van der Waals surface area contributed by atoms with Crippen LogP contribution in [-0.2, 0) is 11.4 Å². The van der Waals surface area contributed by atoms with E-state index < -0.39 is 12.1 Å². The van der Waals surface area contributed by atoms with Gasteiger partial charge in [-0.1, -0.05) is 51.2 Å². The molecule has 0 bridgehead atoms. The molecule has 1 rings (SSSR count). The third-order valence-electron chi connectivity index (χ3n) is 4.47. The molecule has 0 aliphatic rings. The summed E-state index contributed by atoms with van der Waals surface area (Å²) in [4.78, 5) is 10.1. The van der Waals surface area contributed by atoms with Crippen molar-refractivity contribution in [1.29, 1.82) is 0 Å². The van der Waals surface area contributed by atoms with Crippen molar-refractivity contribution in [2.75, 3.05) is 6.54 Å². The second-order valence-electron chi connectivity index (χ2n) is 8.49. The van der Waals surface area contributed by atoms with Gasteiger partial charge >= 0.3 is 5.97 Å². The highest BCUT2D eigenvalue weighted by molar-refractivity contribution is 5.79. The van der Waals surface area contributed by atoms with Gasteiger partial charge in [-0.2, -0.15) is 0 Å². The number of allylic oxidation sites excluding steroid dienone is 1. The number of nitrogens with one attached hydrogen (secondary N) is 1. The van der Waals surface area contributed by atoms with Crippen molar-refractivity contribution in [1.82, 2.24) is 5.32 Å². The van der Waals surface area contributed by atoms with Crippen LogP contribution in [0.3, 0.4) is 0 Å². The number of hydrogen-bond donors (Lipinski definition) is 5. The van der Waals surface area contributed by atoms with Crippen LogP contribution < -0.4 is 5.32 Å². The first kappa shape index (κ1) is 28.1. The Morgan fingerprint density at radius 2 is 1.77 bits per heavy atom. The molecule has 0 unspecified atom stereocenters. The Balaban J connectivity index is 0.000000584. The van der Waals surface area contributed by atoms with Crippen LogP contribution in [-0.4, -0.2) is 38.5 Å². The first-order chi connectivity index (χ1) is 14.1. The Hall–Kier alpha value is -1.89. The van der Waals surface area contributed by atoms with Gasteiger partial charge in [0.15, 0.2) is 0 Å². The molecule has 0 radical (unpaired) electrons. The number of β-amino-alcohol motifs (C(OH)–C–C–N with tert-alkyl or cyclic N) is 1. The molecule has 0 saturated heterocycles. The zero-order valence-electron chi connectivity index (χ0n) is 19.0. The molecule has 172 valence electrons. The van der Waals surface area contributed by atoms with E-state index in [0.717, 1.165) is 12.8 Å². The van der Waals surface area contributed by atoms with Crippen LogP contribution in [0.5, 0.6) is 5.75 Å². The summed E-state index contributed by atoms with van der Waals surface area (Å²) in [7, 11) is 0. The van der Waals surface area contributed by atoms with Crippen LogP contribution in [0.4, 0.5) is 0 Å². The highest BCUT2D eigenvalue weighted by Gasteiger charge is 2.14. The van der Waals surface area contributed by atoms with E-state index in [4.69, 9.17) is 10.2 Å². The molecular formula is C24H41NO5. The first-order valence-corrected chi connectivity index (χ1v) is 10.9. The van der Waals surface area contributed by atoms with Crippen LogP contribution in [0.15, 0.2) is 30.4 Å². The quantitative estimate of drug-likeness (QED) is 0.247. The van der Waals surface area contributed by atoms with Gasteiger partial charge in [-0.05, 0) is 51.3 Å². The fourth-order valence-electron chi connectivity index (χ4n) is 2.69. The van der Waals surface area contributed by atoms with E-state index in [1.54, 1.807) is 18.2 Å². The molecule has 6 heteroatoms. The summed E-state index contributed by atoms with van der Waals surface area (Å²) in [5, 5.41) is 39.9. The van der Waals surface area contributed by atoms with Crippen molar-refractivity contribution in [3.8, 4) is 5.75 Å². The van der Waals surface area contributed by atoms with E-state index in [1.165, 1.54) is 44.2 Å². The van der Waals surface area contributed by atoms with E-state index in [1.807, 2.05) is 20.8 Å². The third-order valence-corrected chi connectivity index (χ3v) is 4.47. The van der Waals surface area contributed by atoms with Crippen LogP contribution in [0, 0.1) is 0 Å². The Morgan fingerprint density at radius 1 is 1.13 bits per heavy atom. The van der Waals surface area contributed by atoms with Gasteiger partial charge in [0.05, 0.1) is 12.7 Å². The molecule has 0 saturated carbocycles. The number of aliphatic hydroxyl groups excluding tert-OH is 2. The fourth-order valence-corrected chi connectivity index (χ4v) is 2.69. The predicted octanol–water partition coefficient (Wildman–Crippen LogP) is 4.68. The summed E-state index contributed by atoms with van der Waals surface area (Å²) in [6.07, 6.45) is 10.8. The predicted molar refractivity (Wildman–Crippen MR) is 122 cm³/mol. The number of aliphatic hydroxyl groups is 2. The van der Waals surface area contributed by atoms with E-state index in [-0.39, 0.29) is 17.9 Å². The number of unbranched alkanes of at least 4 members (excludes halogenated alkanes) is 6. The highest BCUT2D eigenvalue weighted by Crippen LogP contribution is 2.22. The summed E-state index contributed by atoms with van der Waals surface area (Å²) in [5.41, 5.74) is 1.05. The lowest BCUT2D eigenvalue weighted by molar-refractivity contribution is -0.131. The van der Waals surface area contributed by atoms with Gasteiger partial charge in [0.25, 0.3) is 0 Å². The molecule has 1 aromatic rings. The zero-order chi connectivity index (χ0) is 23.0. The Morgan fingerprint density at radius 3 is 2.33 bits per heavy atom. The summed E-state index contributed by atoms with van der Waals surface area (Å²) >= 11 is 0. The van der Waals surface area contributed by atoms with Crippen molar-refractivity contribution in [3.05, 3.63) is 41.5 Å². The number of hydrogen-bond acceptors (Lipinski definition) is 5. The molecule has 0 spiro atoms. The van der Waals surface area contributed by atoms with Gasteiger partial charge in [0, 0.05) is 23.7 Å². The van der Waals surface area contributed by atoms with Gasteiger partial charge < -0.3 is 25.7 Å². The van der Waals surface area contributed by atoms with Crippen LogP contribution in [0.25, 0.3) is 0 Å². The maximum absolute atomic E-state index is 10.1. The normalized spacial score (nSPS) is 12.5. The maximum atomic E-state index is 10.1. The monoisotopic (exact) mass is 423 g/mol. The Labute approximate surface area is 181 Å². The maximum Gasteiger partial charge on any atom is 0.327 e. The molecule has 0 aliphatic heterocycles. The number of aliphatic carboxylic acids is 1. The van der Waals surface area contributed by atoms with Crippen molar-refractivity contribution >= 4 is 5.97 Å². The summed E-state index contributed by atoms with van der Waals surface area (Å²) in [5.74, 6) is -0.793. The van der Waals surface area contributed by atoms with E-state index in [0.29, 0.717) is 17.7 Å². The van der Waals surface area contributed by atoms with Crippen molar-refractivity contribution in [2.45, 2.75) is 90.9 Å². The minimum absolute atomic E-state index is 0.0484. The summed E-state index contributed by atoms with van der Waals surface area (Å²) in [6.45, 7) is 8.47. The Bertz CT molecular complexity index is 623. The minimum Gasteiger partial charge on any atom is -0.508 e. The number of rotatable bonds is 12. The molecule has 1 aromatic carbocycles. The van der Waals surface area contributed by atoms with Gasteiger partial charge in [0.2, 0.25) is 0 Å². The molecule has 5 N–H and O–H groups in total. The lowest BCUT2D eigenvalue weighted by atomic mass is 10.0. The molecule has 0 aliphatic carbocycles. The second-order valence-corrected chi connectivity index (χ2v) is 8.49. The van der Waals surface area contributed by atoms with Crippen molar-refractivity contribution < 1.29 is 25.2 Å². The number of benzene rings is 1. The van der Waals surface area contributed by atoms with Crippen molar-refractivity contribution in [3.63, 3.8) is 0 Å². The third kappa shape index (κ3) is 15.0. The zero-order valence-corrected chi connectivity index (χ0v) is 19.0. The van der Waals surface area contributed by atoms with Gasteiger partial charge in [-0.3, -0.25) is 0 Å². The molecule has 0 amide bonds. The molecule has 0 aromatic heterocycles. The van der Waals surface area contributed by atoms with Gasteiger partial charge in [-0.15, -0.1) is 0 Å². The lowest BCUT2D eigenvalue weighted by Gasteiger charge is -2.23. The molecule has 1 atom stereocenters. The highest BCUT2D eigenvalue weighted by atomic mass is 16.4. The average molecular weight is 424 g/mol. The molecule has 0 fully saturated rings. The smallest absolute Gasteiger partial charge is 0.327 e. The first-order valence-electron chi connectivity index (χ1n) is 10.9. The number of aromatic hydroxyl groups is 1. The van der Waals surface area contributed by atoms with Gasteiger partial charge in [0.1, 0.15) is 5.75 Å². The summed E-state index contributed by atoms with van der Waals surface area (Å²) in [6, 6.07) is 4.76. The van der Waals surface area contributed by atoms with Crippen LogP contribution >= 0.6 is 0 Å². The summed E-state index contributed by atoms with van der Waals surface area (Å²) < 4.78 is 0. The van der Waals surface area contributed by atoms with E-state index in [9.17, 15) is 15.0 Å². The van der Waals surface area contributed by atoms with E-state index >= 15 is 0 Å². The second kappa shape index (κ2) is 15.9. The molecule has 6 nitrogen and oxygen atoms in total. The number of carboxylic acids is 1. The minimum atomic E-state index is -0.842. The number of phenols is 1. The Kier molecular flexibility index (Phi) is 14.9. The largest absolute Gasteiger partial charge is 0.508 e. The van der Waals surface area contributed by atoms with E-state index in [2.05, 4.69) is 12.2 Å². The van der Waals surface area contributed by atoms with Crippen molar-refractivity contribution in [2.24, 2.45) is 0 Å². The molecular weight excluding hydrogens is 382 g/mol. The molecule has 30 heavy (non-hydrogen) atoms. The van der Waals surface area contributed by atoms with Crippen LogP contribution in [0.1, 0.15) is 89.9 Å². The van der Waals surface area contributed by atoms with Crippen LogP contribution in [0.2, 0.25) is 0 Å². The molecule has 0 heterocycles. The number of carboxylic acid groups (broad SMARTS) is 1. The standard InChI is InChI=1S/C13H21NO3.C11H20O2/c1-13(2,3)14-7-12(17)9-4-5-11(16)10(6-9)8-15;1-2-3-4-5-6-7-8-9-10-11(12)13/h4-6,12,14-17H,7-8H2,1-3H3;9-10H,2-8H2,1H3,(H,12,13)/b;10-9+/t12-;/m0./s1. The lowest BCUT2D eigenvalue weighted by Crippen LogP contribution is -2.38. The number of carbonyl (C=O) groups is 1. The van der Waals surface area contributed by atoms with Gasteiger partial charge in [-0.25, -0.2) is 4.79 Å². The fraction of sp³-hybridized carbons (Fsp3) is 0.625. The average Bonchev–Trinajstić information content (AvgIpc) is 2.68.